The Bertz CT molecular complexity index is 652. The summed E-state index contributed by atoms with van der Waals surface area (Å²) in [5.41, 5.74) is -2.49. The van der Waals surface area contributed by atoms with E-state index in [9.17, 15) is 26.3 Å². The molecule has 0 saturated carbocycles. The van der Waals surface area contributed by atoms with E-state index in [0.29, 0.717) is 0 Å². The molecule has 108 valence electrons. The molecule has 0 spiro atoms. The van der Waals surface area contributed by atoms with Gasteiger partial charge in [0.05, 0.1) is 35.1 Å². The molecule has 0 aromatic heterocycles. The van der Waals surface area contributed by atoms with Gasteiger partial charge in [-0.3, -0.25) is 0 Å². The SMILES string of the molecule is OCc1c(F)c(F)c2c(F)c(CO)c(F)c(F)c2c1F. The van der Waals surface area contributed by atoms with Crippen LogP contribution in [0.25, 0.3) is 10.8 Å². The first-order valence-electron chi connectivity index (χ1n) is 5.22. The van der Waals surface area contributed by atoms with Gasteiger partial charge in [0.25, 0.3) is 0 Å². The highest BCUT2D eigenvalue weighted by atomic mass is 19.2. The van der Waals surface area contributed by atoms with Crippen LogP contribution in [0.2, 0.25) is 0 Å². The largest absolute Gasteiger partial charge is 0.391 e. The lowest BCUT2D eigenvalue weighted by atomic mass is 10.0. The van der Waals surface area contributed by atoms with Crippen LogP contribution in [0.5, 0.6) is 0 Å². The highest BCUT2D eigenvalue weighted by Crippen LogP contribution is 2.34. The van der Waals surface area contributed by atoms with Crippen LogP contribution >= 0.6 is 0 Å². The standard InChI is InChI=1S/C12H6F6O2/c13-7-3(1-19)9(15)11(17)6-5(7)12(18)10(16)4(2-20)8(6)14/h19-20H,1-2H2. The fourth-order valence-electron chi connectivity index (χ4n) is 1.89. The maximum atomic E-state index is 13.8. The molecule has 0 heterocycles. The predicted molar refractivity (Wildman–Crippen MR) is 55.5 cm³/mol. The first-order chi connectivity index (χ1) is 9.36. The molecule has 0 amide bonds. The van der Waals surface area contributed by atoms with Crippen molar-refractivity contribution >= 4 is 10.8 Å². The maximum absolute atomic E-state index is 13.8. The third-order valence-corrected chi connectivity index (χ3v) is 2.89. The molecule has 0 saturated heterocycles. The van der Waals surface area contributed by atoms with Crippen molar-refractivity contribution in [1.29, 1.82) is 0 Å². The number of hydrogen-bond acceptors (Lipinski definition) is 2. The number of fused-ring (bicyclic) bond motifs is 1. The van der Waals surface area contributed by atoms with Crippen molar-refractivity contribution in [2.45, 2.75) is 13.2 Å². The Labute approximate surface area is 107 Å². The van der Waals surface area contributed by atoms with Gasteiger partial charge in [-0.1, -0.05) is 0 Å². The molecule has 20 heavy (non-hydrogen) atoms. The summed E-state index contributed by atoms with van der Waals surface area (Å²) in [4.78, 5) is 0. The van der Waals surface area contributed by atoms with E-state index in [0.717, 1.165) is 0 Å². The quantitative estimate of drug-likeness (QED) is 0.661. The normalized spacial score (nSPS) is 11.4. The summed E-state index contributed by atoms with van der Waals surface area (Å²) in [5.74, 6) is -11.4. The average molecular weight is 296 g/mol. The lowest BCUT2D eigenvalue weighted by Crippen LogP contribution is -2.08. The number of halogens is 6. The molecule has 0 fully saturated rings. The molecule has 0 unspecified atom stereocenters. The Kier molecular flexibility index (Phi) is 3.61. The summed E-state index contributed by atoms with van der Waals surface area (Å²) >= 11 is 0. The molecular weight excluding hydrogens is 290 g/mol. The van der Waals surface area contributed by atoms with Crippen LogP contribution in [0.1, 0.15) is 11.1 Å². The monoisotopic (exact) mass is 296 g/mol. The second kappa shape index (κ2) is 4.95. The van der Waals surface area contributed by atoms with Gasteiger partial charge in [-0.15, -0.1) is 0 Å². The van der Waals surface area contributed by atoms with Gasteiger partial charge in [0.15, 0.2) is 23.3 Å². The molecule has 0 atom stereocenters. The molecule has 0 radical (unpaired) electrons. The number of benzene rings is 2. The van der Waals surface area contributed by atoms with Gasteiger partial charge in [-0.2, -0.15) is 0 Å². The molecule has 2 N–H and O–H groups in total. The molecular formula is C12H6F6O2. The Morgan fingerprint density at radius 2 is 0.800 bits per heavy atom. The number of aliphatic hydroxyl groups is 2. The minimum absolute atomic E-state index is 1.25. The predicted octanol–water partition coefficient (Wildman–Crippen LogP) is 2.66. The van der Waals surface area contributed by atoms with Crippen LogP contribution in [-0.2, 0) is 13.2 Å². The first-order valence-corrected chi connectivity index (χ1v) is 5.22. The van der Waals surface area contributed by atoms with E-state index >= 15 is 0 Å². The van der Waals surface area contributed by atoms with Gasteiger partial charge < -0.3 is 10.2 Å². The number of rotatable bonds is 2. The van der Waals surface area contributed by atoms with Crippen molar-refractivity contribution in [1.82, 2.24) is 0 Å². The van der Waals surface area contributed by atoms with E-state index in [2.05, 4.69) is 0 Å². The average Bonchev–Trinajstić information content (AvgIpc) is 2.41. The van der Waals surface area contributed by atoms with Crippen molar-refractivity contribution < 1.29 is 36.6 Å². The van der Waals surface area contributed by atoms with Crippen LogP contribution in [0.15, 0.2) is 0 Å². The molecule has 2 nitrogen and oxygen atoms in total. The topological polar surface area (TPSA) is 40.5 Å². The Morgan fingerprint density at radius 3 is 1.05 bits per heavy atom. The summed E-state index contributed by atoms with van der Waals surface area (Å²) in [7, 11) is 0. The van der Waals surface area contributed by atoms with Gasteiger partial charge in [0, 0.05) is 0 Å². The lowest BCUT2D eigenvalue weighted by molar-refractivity contribution is 0.264. The lowest BCUT2D eigenvalue weighted by Gasteiger charge is -2.12. The van der Waals surface area contributed by atoms with E-state index in [-0.39, 0.29) is 0 Å². The van der Waals surface area contributed by atoms with Crippen molar-refractivity contribution in [2.24, 2.45) is 0 Å². The van der Waals surface area contributed by atoms with Gasteiger partial charge in [0.2, 0.25) is 0 Å². The van der Waals surface area contributed by atoms with Crippen LogP contribution in [-0.4, -0.2) is 10.2 Å². The zero-order valence-electron chi connectivity index (χ0n) is 9.58. The Balaban J connectivity index is 3.15. The highest BCUT2D eigenvalue weighted by molar-refractivity contribution is 5.87. The van der Waals surface area contributed by atoms with Crippen molar-refractivity contribution in [3.8, 4) is 0 Å². The Hall–Kier alpha value is -1.80. The third kappa shape index (κ3) is 1.75. The van der Waals surface area contributed by atoms with E-state index < -0.39 is 70.0 Å². The summed E-state index contributed by atoms with van der Waals surface area (Å²) in [6, 6.07) is 0. The Morgan fingerprint density at radius 1 is 0.500 bits per heavy atom. The zero-order chi connectivity index (χ0) is 15.2. The fourth-order valence-corrected chi connectivity index (χ4v) is 1.89. The first kappa shape index (κ1) is 14.6. The molecule has 0 bridgehead atoms. The van der Waals surface area contributed by atoms with E-state index in [4.69, 9.17) is 10.2 Å². The molecule has 2 aromatic carbocycles. The van der Waals surface area contributed by atoms with Crippen molar-refractivity contribution in [3.63, 3.8) is 0 Å². The minimum Gasteiger partial charge on any atom is -0.391 e. The number of hydrogen-bond donors (Lipinski definition) is 2. The smallest absolute Gasteiger partial charge is 0.170 e. The second-order valence-electron chi connectivity index (χ2n) is 3.91. The molecule has 0 aliphatic rings. The second-order valence-corrected chi connectivity index (χ2v) is 3.91. The van der Waals surface area contributed by atoms with Gasteiger partial charge in [0.1, 0.15) is 11.6 Å². The van der Waals surface area contributed by atoms with Crippen LogP contribution in [0.3, 0.4) is 0 Å². The molecule has 0 aliphatic carbocycles. The van der Waals surface area contributed by atoms with Crippen LogP contribution in [0.4, 0.5) is 26.3 Å². The van der Waals surface area contributed by atoms with E-state index in [1.807, 2.05) is 0 Å². The molecule has 2 rings (SSSR count). The van der Waals surface area contributed by atoms with Crippen LogP contribution in [0, 0.1) is 34.9 Å². The summed E-state index contributed by atoms with van der Waals surface area (Å²) in [6.07, 6.45) is 0. The number of aliphatic hydroxyl groups excluding tert-OH is 2. The molecule has 2 aromatic rings. The molecule has 0 aliphatic heterocycles. The van der Waals surface area contributed by atoms with Gasteiger partial charge >= 0.3 is 0 Å². The van der Waals surface area contributed by atoms with Crippen LogP contribution < -0.4 is 0 Å². The summed E-state index contributed by atoms with van der Waals surface area (Å²) in [6.45, 7) is -2.65. The van der Waals surface area contributed by atoms with Gasteiger partial charge in [-0.05, 0) is 0 Å². The molecule has 8 heteroatoms. The van der Waals surface area contributed by atoms with E-state index in [1.54, 1.807) is 0 Å². The maximum Gasteiger partial charge on any atom is 0.170 e. The fraction of sp³-hybridized carbons (Fsp3) is 0.167. The summed E-state index contributed by atoms with van der Waals surface area (Å²) < 4.78 is 81.7. The van der Waals surface area contributed by atoms with Crippen molar-refractivity contribution in [3.05, 3.63) is 46.0 Å². The van der Waals surface area contributed by atoms with Crippen molar-refractivity contribution in [2.75, 3.05) is 0 Å². The highest BCUT2D eigenvalue weighted by Gasteiger charge is 2.29. The minimum atomic E-state index is -1.98. The van der Waals surface area contributed by atoms with E-state index in [1.165, 1.54) is 0 Å². The van der Waals surface area contributed by atoms with Gasteiger partial charge in [-0.25, -0.2) is 26.3 Å². The summed E-state index contributed by atoms with van der Waals surface area (Å²) in [5, 5.41) is 14.5. The zero-order valence-corrected chi connectivity index (χ0v) is 9.58. The third-order valence-electron chi connectivity index (χ3n) is 2.89.